The third kappa shape index (κ3) is 4.46. The van der Waals surface area contributed by atoms with Crippen LogP contribution in [0.1, 0.15) is 35.8 Å². The first-order valence-corrected chi connectivity index (χ1v) is 10.9. The van der Waals surface area contributed by atoms with Gasteiger partial charge >= 0.3 is 0 Å². The summed E-state index contributed by atoms with van der Waals surface area (Å²) in [6.07, 6.45) is -1.19. The number of ketones is 1. The molecule has 9 heteroatoms. The normalized spacial score (nSPS) is 20.6. The standard InChI is InChI=1S/C20H23ClN2O5S/c1-20(2)19(25)18(23-29(26,27)14-7-5-13(21)6-8-14)15-10-12(16(24)11-22-3)4-9-17(15)28-20/h4-10,18-19,22-23,25H,11H2,1-3H3/t18-,19+/m1/s1. The summed E-state index contributed by atoms with van der Waals surface area (Å²) in [5.41, 5.74) is -0.253. The van der Waals surface area contributed by atoms with Gasteiger partial charge in [-0.15, -0.1) is 0 Å². The van der Waals surface area contributed by atoms with E-state index in [1.54, 1.807) is 39.1 Å². The molecule has 0 spiro atoms. The summed E-state index contributed by atoms with van der Waals surface area (Å²) < 4.78 is 34.3. The summed E-state index contributed by atoms with van der Waals surface area (Å²) in [5.74, 6) is 0.249. The van der Waals surface area contributed by atoms with Crippen LogP contribution in [0.2, 0.25) is 5.02 Å². The van der Waals surface area contributed by atoms with E-state index in [1.807, 2.05) is 0 Å². The maximum absolute atomic E-state index is 12.9. The number of hydrogen-bond acceptors (Lipinski definition) is 6. The molecule has 2 aromatic rings. The van der Waals surface area contributed by atoms with E-state index in [4.69, 9.17) is 16.3 Å². The summed E-state index contributed by atoms with van der Waals surface area (Å²) in [4.78, 5) is 12.3. The first-order valence-electron chi connectivity index (χ1n) is 9.02. The number of nitrogens with one attached hydrogen (secondary N) is 2. The zero-order chi connectivity index (χ0) is 21.4. The van der Waals surface area contributed by atoms with Crippen LogP contribution >= 0.6 is 11.6 Å². The number of carbonyl (C=O) groups is 1. The average molecular weight is 439 g/mol. The highest BCUT2D eigenvalue weighted by molar-refractivity contribution is 7.89. The van der Waals surface area contributed by atoms with Gasteiger partial charge in [-0.1, -0.05) is 11.6 Å². The molecule has 0 unspecified atom stereocenters. The molecule has 0 saturated heterocycles. The van der Waals surface area contributed by atoms with Gasteiger partial charge in [-0.3, -0.25) is 4.79 Å². The van der Waals surface area contributed by atoms with E-state index < -0.39 is 27.8 Å². The number of aliphatic hydroxyl groups is 1. The zero-order valence-electron chi connectivity index (χ0n) is 16.3. The van der Waals surface area contributed by atoms with Crippen molar-refractivity contribution in [1.82, 2.24) is 10.0 Å². The third-order valence-corrected chi connectivity index (χ3v) is 6.52. The Morgan fingerprint density at radius 3 is 2.48 bits per heavy atom. The zero-order valence-corrected chi connectivity index (χ0v) is 17.8. The summed E-state index contributed by atoms with van der Waals surface area (Å²) in [5, 5.41) is 14.1. The van der Waals surface area contributed by atoms with Gasteiger partial charge in [0.2, 0.25) is 10.0 Å². The fourth-order valence-electron chi connectivity index (χ4n) is 3.21. The van der Waals surface area contributed by atoms with Crippen molar-refractivity contribution in [3.8, 4) is 5.75 Å². The van der Waals surface area contributed by atoms with Crippen LogP contribution in [-0.4, -0.2) is 44.6 Å². The highest BCUT2D eigenvalue weighted by atomic mass is 35.5. The number of halogens is 1. The molecule has 0 saturated carbocycles. The molecule has 0 amide bonds. The van der Waals surface area contributed by atoms with Crippen LogP contribution in [0.4, 0.5) is 0 Å². The molecule has 2 aromatic carbocycles. The first kappa shape index (κ1) is 21.7. The van der Waals surface area contributed by atoms with E-state index in [0.717, 1.165) is 0 Å². The second kappa shape index (κ2) is 8.04. The van der Waals surface area contributed by atoms with Gasteiger partial charge in [0.25, 0.3) is 0 Å². The molecule has 29 heavy (non-hydrogen) atoms. The van der Waals surface area contributed by atoms with Crippen molar-refractivity contribution in [2.75, 3.05) is 13.6 Å². The topological polar surface area (TPSA) is 105 Å². The van der Waals surface area contributed by atoms with Crippen molar-refractivity contribution in [3.63, 3.8) is 0 Å². The molecular formula is C20H23ClN2O5S. The lowest BCUT2D eigenvalue weighted by molar-refractivity contribution is -0.0603. The lowest BCUT2D eigenvalue weighted by Gasteiger charge is -2.42. The molecule has 0 bridgehead atoms. The van der Waals surface area contributed by atoms with Gasteiger partial charge in [0, 0.05) is 16.1 Å². The van der Waals surface area contributed by atoms with Crippen LogP contribution in [0.15, 0.2) is 47.4 Å². The number of ether oxygens (including phenoxy) is 1. The number of hydrogen-bond donors (Lipinski definition) is 3. The number of fused-ring (bicyclic) bond motifs is 1. The van der Waals surface area contributed by atoms with Crippen LogP contribution in [0.25, 0.3) is 0 Å². The Morgan fingerprint density at radius 1 is 1.21 bits per heavy atom. The maximum Gasteiger partial charge on any atom is 0.241 e. The molecule has 7 nitrogen and oxygen atoms in total. The molecule has 0 aromatic heterocycles. The van der Waals surface area contributed by atoms with Gasteiger partial charge < -0.3 is 15.2 Å². The predicted octanol–water partition coefficient (Wildman–Crippen LogP) is 2.29. The maximum atomic E-state index is 12.9. The summed E-state index contributed by atoms with van der Waals surface area (Å²) in [7, 11) is -2.31. The fraction of sp³-hybridized carbons (Fsp3) is 0.350. The summed E-state index contributed by atoms with van der Waals surface area (Å²) >= 11 is 5.85. The van der Waals surface area contributed by atoms with Crippen LogP contribution in [0.3, 0.4) is 0 Å². The second-order valence-electron chi connectivity index (χ2n) is 7.41. The van der Waals surface area contributed by atoms with Gasteiger partial charge in [0.1, 0.15) is 17.5 Å². The van der Waals surface area contributed by atoms with Crippen molar-refractivity contribution in [1.29, 1.82) is 0 Å². The Bertz CT molecular complexity index is 1020. The van der Waals surface area contributed by atoms with Crippen LogP contribution in [-0.2, 0) is 10.0 Å². The number of aliphatic hydroxyl groups excluding tert-OH is 1. The quantitative estimate of drug-likeness (QED) is 0.598. The number of carbonyl (C=O) groups excluding carboxylic acids is 1. The fourth-order valence-corrected chi connectivity index (χ4v) is 4.56. The number of benzene rings is 2. The lowest BCUT2D eigenvalue weighted by atomic mass is 9.86. The Morgan fingerprint density at radius 2 is 1.86 bits per heavy atom. The molecule has 1 aliphatic heterocycles. The van der Waals surface area contributed by atoms with Gasteiger partial charge in [0.15, 0.2) is 5.78 Å². The minimum Gasteiger partial charge on any atom is -0.485 e. The Labute approximate surface area is 175 Å². The summed E-state index contributed by atoms with van der Waals surface area (Å²) in [6.45, 7) is 3.48. The SMILES string of the molecule is CNCC(=O)c1ccc2c(c1)[C@@H](NS(=O)(=O)c1ccc(Cl)cc1)[C@H](O)C(C)(C)O2. The minimum absolute atomic E-state index is 0.0161. The van der Waals surface area contributed by atoms with E-state index in [9.17, 15) is 18.3 Å². The number of sulfonamides is 1. The Balaban J connectivity index is 2.04. The molecule has 0 radical (unpaired) electrons. The summed E-state index contributed by atoms with van der Waals surface area (Å²) in [6, 6.07) is 9.52. The van der Waals surface area contributed by atoms with E-state index in [1.165, 1.54) is 24.3 Å². The number of Topliss-reactive ketones (excluding diaryl/α,β-unsaturated/α-hetero) is 1. The molecule has 3 N–H and O–H groups in total. The van der Waals surface area contributed by atoms with Crippen molar-refractivity contribution < 1.29 is 23.1 Å². The molecular weight excluding hydrogens is 416 g/mol. The highest BCUT2D eigenvalue weighted by Gasteiger charge is 2.44. The van der Waals surface area contributed by atoms with Crippen LogP contribution < -0.4 is 14.8 Å². The monoisotopic (exact) mass is 438 g/mol. The highest BCUT2D eigenvalue weighted by Crippen LogP contribution is 2.41. The van der Waals surface area contributed by atoms with Gasteiger partial charge in [-0.25, -0.2) is 13.1 Å². The number of likely N-dealkylation sites (N-methyl/N-ethyl adjacent to an activating group) is 1. The van der Waals surface area contributed by atoms with Crippen molar-refractivity contribution >= 4 is 27.4 Å². The van der Waals surface area contributed by atoms with Gasteiger partial charge in [-0.05, 0) is 63.4 Å². The molecule has 0 aliphatic carbocycles. The minimum atomic E-state index is -3.97. The van der Waals surface area contributed by atoms with Crippen LogP contribution in [0.5, 0.6) is 5.75 Å². The van der Waals surface area contributed by atoms with E-state index in [0.29, 0.717) is 21.9 Å². The Hall–Kier alpha value is -1.97. The molecule has 3 rings (SSSR count). The first-order chi connectivity index (χ1) is 13.5. The second-order valence-corrected chi connectivity index (χ2v) is 9.56. The average Bonchev–Trinajstić information content (AvgIpc) is 2.65. The van der Waals surface area contributed by atoms with Crippen LogP contribution in [0, 0.1) is 0 Å². The van der Waals surface area contributed by atoms with Gasteiger partial charge in [0.05, 0.1) is 17.5 Å². The van der Waals surface area contributed by atoms with Crippen molar-refractivity contribution in [3.05, 3.63) is 58.6 Å². The van der Waals surface area contributed by atoms with E-state index >= 15 is 0 Å². The van der Waals surface area contributed by atoms with E-state index in [-0.39, 0.29) is 17.2 Å². The van der Waals surface area contributed by atoms with Crippen molar-refractivity contribution in [2.24, 2.45) is 0 Å². The van der Waals surface area contributed by atoms with Gasteiger partial charge in [-0.2, -0.15) is 0 Å². The number of rotatable bonds is 6. The molecule has 1 heterocycles. The van der Waals surface area contributed by atoms with Crippen molar-refractivity contribution in [2.45, 2.75) is 36.5 Å². The molecule has 2 atom stereocenters. The Kier molecular flexibility index (Phi) is 6.03. The lowest BCUT2D eigenvalue weighted by Crippen LogP contribution is -2.53. The molecule has 156 valence electrons. The predicted molar refractivity (Wildman–Crippen MR) is 110 cm³/mol. The third-order valence-electron chi connectivity index (χ3n) is 4.81. The van der Waals surface area contributed by atoms with E-state index in [2.05, 4.69) is 10.0 Å². The smallest absolute Gasteiger partial charge is 0.241 e. The molecule has 1 aliphatic rings. The largest absolute Gasteiger partial charge is 0.485 e. The molecule has 0 fully saturated rings.